The molecule has 2 aromatic heterocycles. The van der Waals surface area contributed by atoms with Crippen molar-refractivity contribution in [3.8, 4) is 17.0 Å². The molecule has 146 valence electrons. The first-order valence-electron chi connectivity index (χ1n) is 9.05. The third-order valence-electron chi connectivity index (χ3n) is 4.30. The molecule has 0 radical (unpaired) electrons. The van der Waals surface area contributed by atoms with Crippen molar-refractivity contribution in [1.29, 1.82) is 0 Å². The molecule has 4 N–H and O–H groups in total. The summed E-state index contributed by atoms with van der Waals surface area (Å²) in [5.41, 5.74) is 3.52. The first-order chi connectivity index (χ1) is 14.1. The number of phenols is 1. The number of benzene rings is 2. The van der Waals surface area contributed by atoms with Gasteiger partial charge in [0.05, 0.1) is 12.3 Å². The Balaban J connectivity index is 1.58. The van der Waals surface area contributed by atoms with Crippen molar-refractivity contribution in [3.05, 3.63) is 72.3 Å². The van der Waals surface area contributed by atoms with Crippen LogP contribution in [0.5, 0.6) is 5.75 Å². The van der Waals surface area contributed by atoms with E-state index in [1.807, 2.05) is 24.3 Å². The minimum atomic E-state index is -0.243. The number of amides is 1. The van der Waals surface area contributed by atoms with Gasteiger partial charge in [-0.2, -0.15) is 4.98 Å². The first kappa shape index (κ1) is 18.5. The van der Waals surface area contributed by atoms with Gasteiger partial charge in [-0.25, -0.2) is 4.52 Å². The second-order valence-corrected chi connectivity index (χ2v) is 6.35. The Morgan fingerprint density at radius 1 is 1.03 bits per heavy atom. The molecule has 8 heteroatoms. The number of hydrogen-bond acceptors (Lipinski definition) is 6. The Kier molecular flexibility index (Phi) is 5.08. The molecule has 0 spiro atoms. The lowest BCUT2D eigenvalue weighted by Crippen LogP contribution is -2.26. The number of hydrogen-bond donors (Lipinski definition) is 4. The van der Waals surface area contributed by atoms with E-state index >= 15 is 0 Å². The number of carbonyl (C=O) groups excluding carboxylic acids is 1. The molecule has 0 atom stereocenters. The number of carbonyl (C=O) groups is 1. The van der Waals surface area contributed by atoms with E-state index in [2.05, 4.69) is 20.7 Å². The number of rotatable bonds is 6. The molecule has 2 heterocycles. The Morgan fingerprint density at radius 2 is 1.83 bits per heavy atom. The molecule has 0 saturated carbocycles. The number of aliphatic hydroxyl groups is 1. The summed E-state index contributed by atoms with van der Waals surface area (Å²) >= 11 is 0. The van der Waals surface area contributed by atoms with E-state index in [4.69, 9.17) is 5.11 Å². The van der Waals surface area contributed by atoms with E-state index in [1.165, 1.54) is 0 Å². The minimum absolute atomic E-state index is 0.102. The summed E-state index contributed by atoms with van der Waals surface area (Å²) in [7, 11) is 0. The van der Waals surface area contributed by atoms with E-state index in [0.29, 0.717) is 17.2 Å². The molecule has 0 aliphatic heterocycles. The molecule has 4 rings (SSSR count). The highest BCUT2D eigenvalue weighted by Crippen LogP contribution is 2.24. The van der Waals surface area contributed by atoms with Gasteiger partial charge in [0.15, 0.2) is 5.65 Å². The lowest BCUT2D eigenvalue weighted by atomic mass is 10.1. The fourth-order valence-electron chi connectivity index (χ4n) is 2.95. The molecule has 0 aliphatic carbocycles. The monoisotopic (exact) mass is 389 g/mol. The van der Waals surface area contributed by atoms with Gasteiger partial charge in [0.25, 0.3) is 5.91 Å². The smallest absolute Gasteiger partial charge is 0.251 e. The fraction of sp³-hybridized carbons (Fsp3) is 0.0952. The second kappa shape index (κ2) is 7.99. The van der Waals surface area contributed by atoms with Crippen molar-refractivity contribution < 1.29 is 15.0 Å². The molecule has 0 saturated heterocycles. The maximum atomic E-state index is 11.9. The van der Waals surface area contributed by atoms with Crippen LogP contribution in [0.4, 0.5) is 11.6 Å². The van der Waals surface area contributed by atoms with Gasteiger partial charge < -0.3 is 20.8 Å². The van der Waals surface area contributed by atoms with E-state index in [-0.39, 0.29) is 24.8 Å². The number of aliphatic hydroxyl groups excluding tert-OH is 1. The Hall–Kier alpha value is -3.91. The second-order valence-electron chi connectivity index (χ2n) is 6.35. The lowest BCUT2D eigenvalue weighted by Gasteiger charge is -2.05. The third-order valence-corrected chi connectivity index (χ3v) is 4.30. The van der Waals surface area contributed by atoms with Gasteiger partial charge >= 0.3 is 0 Å². The number of nitrogens with zero attached hydrogens (tertiary/aromatic N) is 3. The number of fused-ring (bicyclic) bond motifs is 1. The normalized spacial score (nSPS) is 10.8. The number of phenolic OH excluding ortho intramolecular Hbond substituents is 1. The third kappa shape index (κ3) is 4.02. The summed E-state index contributed by atoms with van der Waals surface area (Å²) in [6.45, 7) is 0.112. The predicted octanol–water partition coefficient (Wildman–Crippen LogP) is 2.57. The van der Waals surface area contributed by atoms with Crippen LogP contribution >= 0.6 is 0 Å². The Labute approximate surface area is 166 Å². The summed E-state index contributed by atoms with van der Waals surface area (Å²) in [4.78, 5) is 16.4. The highest BCUT2D eigenvalue weighted by molar-refractivity contribution is 5.94. The lowest BCUT2D eigenvalue weighted by molar-refractivity contribution is 0.0945. The maximum Gasteiger partial charge on any atom is 0.251 e. The molecule has 0 fully saturated rings. The Bertz CT molecular complexity index is 1150. The van der Waals surface area contributed by atoms with Gasteiger partial charge in [0.2, 0.25) is 5.95 Å². The highest BCUT2D eigenvalue weighted by Gasteiger charge is 2.10. The molecular formula is C21H19N5O3. The van der Waals surface area contributed by atoms with Crippen LogP contribution in [0.15, 0.2) is 66.7 Å². The molecule has 1 amide bonds. The molecule has 8 nitrogen and oxygen atoms in total. The number of nitrogens with one attached hydrogen (secondary N) is 2. The first-order valence-corrected chi connectivity index (χ1v) is 9.05. The molecule has 4 aromatic rings. The molecule has 29 heavy (non-hydrogen) atoms. The average Bonchev–Trinajstić information content (AvgIpc) is 3.15. The van der Waals surface area contributed by atoms with Gasteiger partial charge in [0, 0.05) is 23.4 Å². The number of pyridine rings is 1. The predicted molar refractivity (Wildman–Crippen MR) is 109 cm³/mol. The highest BCUT2D eigenvalue weighted by atomic mass is 16.3. The largest absolute Gasteiger partial charge is 0.508 e. The fourth-order valence-corrected chi connectivity index (χ4v) is 2.95. The van der Waals surface area contributed by atoms with E-state index in [0.717, 1.165) is 16.9 Å². The van der Waals surface area contributed by atoms with Crippen molar-refractivity contribution in [1.82, 2.24) is 19.9 Å². The number of aromatic hydroxyl groups is 1. The van der Waals surface area contributed by atoms with Gasteiger partial charge in [-0.1, -0.05) is 18.2 Å². The van der Waals surface area contributed by atoms with Crippen LogP contribution < -0.4 is 10.6 Å². The van der Waals surface area contributed by atoms with Gasteiger partial charge in [-0.05, 0) is 48.5 Å². The Morgan fingerprint density at radius 3 is 2.59 bits per heavy atom. The summed E-state index contributed by atoms with van der Waals surface area (Å²) < 4.78 is 1.70. The minimum Gasteiger partial charge on any atom is -0.508 e. The average molecular weight is 389 g/mol. The van der Waals surface area contributed by atoms with E-state index < -0.39 is 0 Å². The van der Waals surface area contributed by atoms with Crippen molar-refractivity contribution >= 4 is 23.2 Å². The molecule has 0 aliphatic rings. The molecule has 2 aromatic carbocycles. The SMILES string of the molecule is O=C(NCCO)c1ccc(Nc2nc3cccc(-c4cccc(O)c4)n3n2)cc1. The van der Waals surface area contributed by atoms with Crippen molar-refractivity contribution in [2.24, 2.45) is 0 Å². The van der Waals surface area contributed by atoms with Crippen LogP contribution in [-0.2, 0) is 0 Å². The summed E-state index contributed by atoms with van der Waals surface area (Å²) in [5.74, 6) is 0.350. The number of aromatic nitrogens is 3. The zero-order valence-electron chi connectivity index (χ0n) is 15.4. The van der Waals surface area contributed by atoms with E-state index in [9.17, 15) is 9.90 Å². The van der Waals surface area contributed by atoms with Crippen LogP contribution in [0.25, 0.3) is 16.9 Å². The quantitative estimate of drug-likeness (QED) is 0.403. The molecule has 0 bridgehead atoms. The van der Waals surface area contributed by atoms with E-state index in [1.54, 1.807) is 47.0 Å². The van der Waals surface area contributed by atoms with Gasteiger partial charge in [-0.3, -0.25) is 4.79 Å². The van der Waals surface area contributed by atoms with Crippen LogP contribution in [-0.4, -0.2) is 43.9 Å². The standard InChI is InChI=1S/C21H19N5O3/c27-12-11-22-20(29)14-7-9-16(10-8-14)23-21-24-19-6-2-5-18(26(19)25-21)15-3-1-4-17(28)13-15/h1-10,13,27-28H,11-12H2,(H,22,29)(H,23,25). The number of anilines is 2. The topological polar surface area (TPSA) is 112 Å². The van der Waals surface area contributed by atoms with Crippen LogP contribution in [0.2, 0.25) is 0 Å². The van der Waals surface area contributed by atoms with Gasteiger partial charge in [0.1, 0.15) is 5.75 Å². The van der Waals surface area contributed by atoms with Crippen molar-refractivity contribution in [2.75, 3.05) is 18.5 Å². The summed E-state index contributed by atoms with van der Waals surface area (Å²) in [6.07, 6.45) is 0. The zero-order valence-corrected chi connectivity index (χ0v) is 15.4. The summed E-state index contributed by atoms with van der Waals surface area (Å²) in [6, 6.07) is 19.5. The molecule has 0 unspecified atom stereocenters. The van der Waals surface area contributed by atoms with Crippen molar-refractivity contribution in [3.63, 3.8) is 0 Å². The van der Waals surface area contributed by atoms with Crippen LogP contribution in [0, 0.1) is 0 Å². The van der Waals surface area contributed by atoms with Gasteiger partial charge in [-0.15, -0.1) is 5.10 Å². The van der Waals surface area contributed by atoms with Crippen LogP contribution in [0.3, 0.4) is 0 Å². The zero-order chi connectivity index (χ0) is 20.2. The van der Waals surface area contributed by atoms with Crippen LogP contribution in [0.1, 0.15) is 10.4 Å². The van der Waals surface area contributed by atoms with Crippen molar-refractivity contribution in [2.45, 2.75) is 0 Å². The molecular weight excluding hydrogens is 370 g/mol. The summed E-state index contributed by atoms with van der Waals surface area (Å²) in [5, 5.41) is 28.8. The maximum absolute atomic E-state index is 11.9.